The molecule has 0 unspecified atom stereocenters. The molecule has 0 radical (unpaired) electrons. The molecular formula is C13H17Cl2F5N2. The highest BCUT2D eigenvalue weighted by molar-refractivity contribution is 5.85. The van der Waals surface area contributed by atoms with Crippen LogP contribution in [0.4, 0.5) is 22.0 Å². The van der Waals surface area contributed by atoms with Crippen molar-refractivity contribution in [1.82, 2.24) is 10.2 Å². The highest BCUT2D eigenvalue weighted by Crippen LogP contribution is 2.34. The van der Waals surface area contributed by atoms with Crippen LogP contribution in [0, 0.1) is 11.6 Å². The maximum Gasteiger partial charge on any atom is 0.390 e. The number of rotatable bonds is 3. The van der Waals surface area contributed by atoms with E-state index in [1.165, 1.54) is 6.07 Å². The lowest BCUT2D eigenvalue weighted by Crippen LogP contribution is -2.46. The van der Waals surface area contributed by atoms with Crippen molar-refractivity contribution in [3.8, 4) is 0 Å². The normalized spacial score (nSPS) is 17.3. The fourth-order valence-electron chi connectivity index (χ4n) is 2.39. The number of hydrogen-bond donors (Lipinski definition) is 1. The van der Waals surface area contributed by atoms with Gasteiger partial charge in [0, 0.05) is 32.2 Å². The summed E-state index contributed by atoms with van der Waals surface area (Å²) in [7, 11) is 0. The van der Waals surface area contributed by atoms with E-state index in [2.05, 4.69) is 5.32 Å². The van der Waals surface area contributed by atoms with Gasteiger partial charge in [-0.25, -0.2) is 8.78 Å². The Labute approximate surface area is 137 Å². The Morgan fingerprint density at radius 1 is 1.05 bits per heavy atom. The Morgan fingerprint density at radius 2 is 1.64 bits per heavy atom. The molecule has 1 atom stereocenters. The van der Waals surface area contributed by atoms with Gasteiger partial charge in [0.1, 0.15) is 0 Å². The molecule has 0 amide bonds. The molecule has 9 heteroatoms. The fourth-order valence-corrected chi connectivity index (χ4v) is 2.39. The molecule has 22 heavy (non-hydrogen) atoms. The average molecular weight is 367 g/mol. The summed E-state index contributed by atoms with van der Waals surface area (Å²) < 4.78 is 64.3. The first-order chi connectivity index (χ1) is 9.37. The first kappa shape index (κ1) is 21.4. The van der Waals surface area contributed by atoms with Gasteiger partial charge in [-0.1, -0.05) is 6.07 Å². The van der Waals surface area contributed by atoms with E-state index in [-0.39, 0.29) is 30.4 Å². The topological polar surface area (TPSA) is 15.3 Å². The minimum absolute atomic E-state index is 0. The SMILES string of the molecule is Cl.Cl.Fc1ccc([C@H](CC(F)(F)F)N2CCNCC2)cc1F. The van der Waals surface area contributed by atoms with Gasteiger partial charge in [-0.2, -0.15) is 13.2 Å². The summed E-state index contributed by atoms with van der Waals surface area (Å²) in [4.78, 5) is 1.65. The Bertz CT molecular complexity index is 464. The van der Waals surface area contributed by atoms with E-state index in [1.807, 2.05) is 0 Å². The van der Waals surface area contributed by atoms with Gasteiger partial charge in [0.15, 0.2) is 11.6 Å². The van der Waals surface area contributed by atoms with E-state index in [1.54, 1.807) is 4.90 Å². The maximum atomic E-state index is 13.3. The van der Waals surface area contributed by atoms with Gasteiger partial charge in [0.2, 0.25) is 0 Å². The number of nitrogens with one attached hydrogen (secondary N) is 1. The Kier molecular flexibility index (Phi) is 8.61. The number of benzene rings is 1. The summed E-state index contributed by atoms with van der Waals surface area (Å²) in [5, 5.41) is 3.05. The molecule has 1 aliphatic heterocycles. The summed E-state index contributed by atoms with van der Waals surface area (Å²) in [6.45, 7) is 2.05. The molecule has 1 saturated heterocycles. The molecule has 0 aliphatic carbocycles. The first-order valence-corrected chi connectivity index (χ1v) is 6.33. The van der Waals surface area contributed by atoms with E-state index in [0.29, 0.717) is 26.2 Å². The lowest BCUT2D eigenvalue weighted by atomic mass is 10.0. The Hall–Kier alpha value is -0.630. The summed E-state index contributed by atoms with van der Waals surface area (Å²) in [6, 6.07) is 1.97. The third-order valence-corrected chi connectivity index (χ3v) is 3.35. The third-order valence-electron chi connectivity index (χ3n) is 3.35. The second-order valence-electron chi connectivity index (χ2n) is 4.79. The van der Waals surface area contributed by atoms with Gasteiger partial charge in [-0.15, -0.1) is 24.8 Å². The fraction of sp³-hybridized carbons (Fsp3) is 0.538. The van der Waals surface area contributed by atoms with Crippen molar-refractivity contribution in [3.05, 3.63) is 35.4 Å². The third kappa shape index (κ3) is 5.87. The standard InChI is InChI=1S/C13H15F5N2.2ClH/c14-10-2-1-9(7-11(10)15)12(8-13(16,17)18)20-5-3-19-4-6-20;;/h1-2,7,12,19H,3-6,8H2;2*1H/t12-;;/m0../s1. The van der Waals surface area contributed by atoms with Crippen LogP contribution in [0.3, 0.4) is 0 Å². The minimum atomic E-state index is -4.36. The summed E-state index contributed by atoms with van der Waals surface area (Å²) in [5.74, 6) is -2.18. The van der Waals surface area contributed by atoms with Crippen LogP contribution in [0.2, 0.25) is 0 Å². The summed E-state index contributed by atoms with van der Waals surface area (Å²) in [5.41, 5.74) is 0.156. The second kappa shape index (κ2) is 8.86. The van der Waals surface area contributed by atoms with Gasteiger partial charge in [-0.3, -0.25) is 4.90 Å². The van der Waals surface area contributed by atoms with Crippen LogP contribution in [0.1, 0.15) is 18.0 Å². The zero-order chi connectivity index (χ0) is 14.8. The van der Waals surface area contributed by atoms with Crippen LogP contribution in [0.15, 0.2) is 18.2 Å². The van der Waals surface area contributed by atoms with Crippen LogP contribution in [0.5, 0.6) is 0 Å². The number of halogens is 7. The summed E-state index contributed by atoms with van der Waals surface area (Å²) >= 11 is 0. The maximum absolute atomic E-state index is 13.3. The van der Waals surface area contributed by atoms with Crippen LogP contribution in [-0.2, 0) is 0 Å². The molecule has 1 N–H and O–H groups in total. The Balaban J connectivity index is 0.00000220. The van der Waals surface area contributed by atoms with Crippen molar-refractivity contribution in [2.45, 2.75) is 18.6 Å². The molecule has 1 fully saturated rings. The van der Waals surface area contributed by atoms with Gasteiger partial charge >= 0.3 is 6.18 Å². The van der Waals surface area contributed by atoms with Crippen LogP contribution in [-0.4, -0.2) is 37.3 Å². The van der Waals surface area contributed by atoms with Gasteiger partial charge < -0.3 is 5.32 Å². The Morgan fingerprint density at radius 3 is 2.14 bits per heavy atom. The van der Waals surface area contributed by atoms with E-state index in [4.69, 9.17) is 0 Å². The lowest BCUT2D eigenvalue weighted by Gasteiger charge is -2.35. The zero-order valence-corrected chi connectivity index (χ0v) is 13.1. The average Bonchev–Trinajstić information content (AvgIpc) is 2.39. The molecule has 0 bridgehead atoms. The molecular weight excluding hydrogens is 350 g/mol. The molecule has 0 saturated carbocycles. The molecule has 1 aliphatic rings. The second-order valence-corrected chi connectivity index (χ2v) is 4.79. The highest BCUT2D eigenvalue weighted by atomic mass is 35.5. The van der Waals surface area contributed by atoms with E-state index in [9.17, 15) is 22.0 Å². The largest absolute Gasteiger partial charge is 0.390 e. The molecule has 1 aromatic rings. The van der Waals surface area contributed by atoms with E-state index < -0.39 is 30.3 Å². The van der Waals surface area contributed by atoms with Crippen molar-refractivity contribution >= 4 is 24.8 Å². The van der Waals surface area contributed by atoms with E-state index in [0.717, 1.165) is 12.1 Å². The molecule has 0 spiro atoms. The number of piperazine rings is 1. The van der Waals surface area contributed by atoms with Gasteiger partial charge in [0.05, 0.1) is 6.42 Å². The monoisotopic (exact) mass is 366 g/mol. The highest BCUT2D eigenvalue weighted by Gasteiger charge is 2.36. The van der Waals surface area contributed by atoms with E-state index >= 15 is 0 Å². The number of hydrogen-bond acceptors (Lipinski definition) is 2. The molecule has 1 aromatic carbocycles. The molecule has 0 aromatic heterocycles. The molecule has 128 valence electrons. The molecule has 2 nitrogen and oxygen atoms in total. The van der Waals surface area contributed by atoms with Crippen LogP contribution in [0.25, 0.3) is 0 Å². The van der Waals surface area contributed by atoms with Crippen molar-refractivity contribution < 1.29 is 22.0 Å². The molecule has 1 heterocycles. The zero-order valence-electron chi connectivity index (χ0n) is 11.5. The number of nitrogens with zero attached hydrogens (tertiary/aromatic N) is 1. The summed E-state index contributed by atoms with van der Waals surface area (Å²) in [6.07, 6.45) is -5.43. The first-order valence-electron chi connectivity index (χ1n) is 6.33. The smallest absolute Gasteiger partial charge is 0.314 e. The van der Waals surface area contributed by atoms with Crippen molar-refractivity contribution in [2.75, 3.05) is 26.2 Å². The quantitative estimate of drug-likeness (QED) is 0.820. The predicted molar refractivity (Wildman–Crippen MR) is 78.7 cm³/mol. The van der Waals surface area contributed by atoms with Crippen LogP contribution >= 0.6 is 24.8 Å². The van der Waals surface area contributed by atoms with Crippen molar-refractivity contribution in [3.63, 3.8) is 0 Å². The lowest BCUT2D eigenvalue weighted by molar-refractivity contribution is -0.148. The number of alkyl halides is 3. The minimum Gasteiger partial charge on any atom is -0.314 e. The van der Waals surface area contributed by atoms with Crippen molar-refractivity contribution in [1.29, 1.82) is 0 Å². The van der Waals surface area contributed by atoms with Crippen LogP contribution < -0.4 is 5.32 Å². The van der Waals surface area contributed by atoms with Gasteiger partial charge in [0.25, 0.3) is 0 Å². The van der Waals surface area contributed by atoms with Crippen molar-refractivity contribution in [2.24, 2.45) is 0 Å². The predicted octanol–water partition coefficient (Wildman–Crippen LogP) is 3.71. The molecule has 2 rings (SSSR count). The van der Waals surface area contributed by atoms with Gasteiger partial charge in [-0.05, 0) is 17.7 Å².